The number of aromatic amines is 1. The van der Waals surface area contributed by atoms with Gasteiger partial charge in [-0.15, -0.1) is 0 Å². The van der Waals surface area contributed by atoms with E-state index in [2.05, 4.69) is 4.98 Å². The molecule has 0 amide bonds. The second-order valence-corrected chi connectivity index (χ2v) is 11.6. The van der Waals surface area contributed by atoms with Crippen LogP contribution in [0.15, 0.2) is 143 Å². The predicted molar refractivity (Wildman–Crippen MR) is 184 cm³/mol. The summed E-state index contributed by atoms with van der Waals surface area (Å²) in [6.45, 7) is -0.576. The SMILES string of the molecule is O=C(OC[C@H]1O[C@@H](n2ccc(=O)[nH]c2=O)[C@H](OC(=O)c2ccccc2)C[C@@H](OC(=O)c2ccccc2)[C@@H]1OC(=O)c1ccccc1)c1ccccc1. The molecule has 0 radical (unpaired) electrons. The van der Waals surface area contributed by atoms with E-state index in [-0.39, 0.29) is 28.7 Å². The van der Waals surface area contributed by atoms with Gasteiger partial charge >= 0.3 is 29.6 Å². The Labute approximate surface area is 296 Å². The van der Waals surface area contributed by atoms with E-state index in [1.54, 1.807) is 72.8 Å². The molecule has 5 atom stereocenters. The lowest BCUT2D eigenvalue weighted by atomic mass is 10.0. The van der Waals surface area contributed by atoms with Gasteiger partial charge in [0.1, 0.15) is 18.8 Å². The first-order valence-corrected chi connectivity index (χ1v) is 16.2. The van der Waals surface area contributed by atoms with Crippen molar-refractivity contribution in [1.82, 2.24) is 9.55 Å². The molecule has 1 aliphatic heterocycles. The molecular formula is C39H32N2O11. The van der Waals surface area contributed by atoms with Gasteiger partial charge in [-0.1, -0.05) is 72.8 Å². The van der Waals surface area contributed by atoms with Gasteiger partial charge in [-0.05, 0) is 48.5 Å². The van der Waals surface area contributed by atoms with Crippen LogP contribution in [0.3, 0.4) is 0 Å². The molecule has 0 saturated carbocycles. The topological polar surface area (TPSA) is 169 Å². The molecule has 0 aliphatic carbocycles. The van der Waals surface area contributed by atoms with Crippen LogP contribution < -0.4 is 11.2 Å². The highest BCUT2D eigenvalue weighted by Gasteiger charge is 2.48. The minimum absolute atomic E-state index is 0.153. The lowest BCUT2D eigenvalue weighted by molar-refractivity contribution is -0.152. The Morgan fingerprint density at radius 2 is 1.04 bits per heavy atom. The van der Waals surface area contributed by atoms with Crippen LogP contribution in [0, 0.1) is 0 Å². The molecule has 13 heteroatoms. The second-order valence-electron chi connectivity index (χ2n) is 11.6. The van der Waals surface area contributed by atoms with Gasteiger partial charge in [0.15, 0.2) is 18.4 Å². The van der Waals surface area contributed by atoms with E-state index >= 15 is 0 Å². The minimum Gasteiger partial charge on any atom is -0.459 e. The zero-order valence-electron chi connectivity index (χ0n) is 27.4. The summed E-state index contributed by atoms with van der Waals surface area (Å²) in [6, 6.07) is 33.2. The number of esters is 4. The molecule has 52 heavy (non-hydrogen) atoms. The first kappa shape index (κ1) is 35.2. The summed E-state index contributed by atoms with van der Waals surface area (Å²) in [5, 5.41) is 0. The summed E-state index contributed by atoms with van der Waals surface area (Å²) in [5.41, 5.74) is -0.928. The molecule has 6 rings (SSSR count). The van der Waals surface area contributed by atoms with E-state index in [0.29, 0.717) is 0 Å². The van der Waals surface area contributed by atoms with Gasteiger partial charge < -0.3 is 23.7 Å². The number of carbonyl (C=O) groups excluding carboxylic acids is 4. The van der Waals surface area contributed by atoms with Gasteiger partial charge in [0.25, 0.3) is 5.56 Å². The van der Waals surface area contributed by atoms with Crippen molar-refractivity contribution in [3.63, 3.8) is 0 Å². The summed E-state index contributed by atoms with van der Waals surface area (Å²) in [6.07, 6.45) is -6.48. The highest BCUT2D eigenvalue weighted by atomic mass is 16.6. The molecule has 0 bridgehead atoms. The average Bonchev–Trinajstić information content (AvgIpc) is 3.31. The average molecular weight is 705 g/mol. The molecule has 13 nitrogen and oxygen atoms in total. The van der Waals surface area contributed by atoms with Crippen molar-refractivity contribution in [3.05, 3.63) is 177 Å². The number of nitrogens with one attached hydrogen (secondary N) is 1. The predicted octanol–water partition coefficient (Wildman–Crippen LogP) is 4.36. The Balaban J connectivity index is 1.45. The van der Waals surface area contributed by atoms with Crippen LogP contribution in [-0.2, 0) is 23.7 Å². The Morgan fingerprint density at radius 3 is 1.52 bits per heavy atom. The number of carbonyl (C=O) groups is 4. The van der Waals surface area contributed by atoms with Gasteiger partial charge in [0.05, 0.1) is 22.3 Å². The molecule has 1 N–H and O–H groups in total. The van der Waals surface area contributed by atoms with E-state index < -0.39 is 72.4 Å². The van der Waals surface area contributed by atoms with Crippen LogP contribution in [-0.4, -0.2) is 64.5 Å². The summed E-state index contributed by atoms with van der Waals surface area (Å²) in [7, 11) is 0. The molecule has 1 aromatic heterocycles. The monoisotopic (exact) mass is 704 g/mol. The largest absolute Gasteiger partial charge is 0.459 e. The molecule has 0 unspecified atom stereocenters. The normalized spacial score (nSPS) is 19.7. The van der Waals surface area contributed by atoms with Gasteiger partial charge in [-0.3, -0.25) is 14.3 Å². The maximum Gasteiger partial charge on any atom is 0.338 e. The fraction of sp³-hybridized carbons (Fsp3) is 0.179. The van der Waals surface area contributed by atoms with Crippen LogP contribution >= 0.6 is 0 Å². The molecule has 1 saturated heterocycles. The fourth-order valence-electron chi connectivity index (χ4n) is 5.58. The fourth-order valence-corrected chi connectivity index (χ4v) is 5.58. The lowest BCUT2D eigenvalue weighted by Gasteiger charge is -2.30. The second kappa shape index (κ2) is 16.4. The van der Waals surface area contributed by atoms with Gasteiger partial charge in [0, 0.05) is 18.7 Å². The number of rotatable bonds is 10. The lowest BCUT2D eigenvalue weighted by Crippen LogP contribution is -2.46. The number of H-pyrrole nitrogens is 1. The maximum absolute atomic E-state index is 13.6. The molecule has 4 aromatic carbocycles. The molecular weight excluding hydrogens is 672 g/mol. The zero-order valence-corrected chi connectivity index (χ0v) is 27.4. The van der Waals surface area contributed by atoms with E-state index in [1.165, 1.54) is 48.5 Å². The first-order chi connectivity index (χ1) is 25.3. The van der Waals surface area contributed by atoms with Crippen molar-refractivity contribution >= 4 is 23.9 Å². The summed E-state index contributed by atoms with van der Waals surface area (Å²) >= 11 is 0. The van der Waals surface area contributed by atoms with E-state index in [1.807, 2.05) is 0 Å². The zero-order chi connectivity index (χ0) is 36.5. The number of hydrogen-bond donors (Lipinski definition) is 1. The van der Waals surface area contributed by atoms with E-state index in [4.69, 9.17) is 23.7 Å². The first-order valence-electron chi connectivity index (χ1n) is 16.2. The van der Waals surface area contributed by atoms with Crippen LogP contribution in [0.5, 0.6) is 0 Å². The van der Waals surface area contributed by atoms with Crippen LogP contribution in [0.2, 0.25) is 0 Å². The molecule has 5 aromatic rings. The molecule has 2 heterocycles. The summed E-state index contributed by atoms with van der Waals surface area (Å²) < 4.78 is 31.0. The minimum atomic E-state index is -1.52. The highest BCUT2D eigenvalue weighted by Crippen LogP contribution is 2.33. The van der Waals surface area contributed by atoms with Crippen molar-refractivity contribution in [1.29, 1.82) is 0 Å². The smallest absolute Gasteiger partial charge is 0.338 e. The Hall–Kier alpha value is -6.60. The standard InChI is InChI=1S/C39H32N2O11/c42-32-21-22-41(39(47)40-32)34-30(51-37(45)27-17-9-3-10-18-27)23-29(50-36(44)26-15-7-2-8-16-26)33(52-38(46)28-19-11-4-12-20-28)31(49-34)24-48-35(43)25-13-5-1-6-14-25/h1-22,29-31,33-34H,23-24H2,(H,40,42,47)/t29-,30-,31-,33+,34-/m1/s1. The van der Waals surface area contributed by atoms with Crippen molar-refractivity contribution in [2.75, 3.05) is 6.61 Å². The van der Waals surface area contributed by atoms with Crippen molar-refractivity contribution < 1.29 is 42.9 Å². The van der Waals surface area contributed by atoms with Gasteiger partial charge in [0.2, 0.25) is 0 Å². The third-order valence-electron chi connectivity index (χ3n) is 8.13. The number of ether oxygens (including phenoxy) is 5. The quantitative estimate of drug-likeness (QED) is 0.162. The molecule has 0 spiro atoms. The number of nitrogens with zero attached hydrogens (tertiary/aromatic N) is 1. The summed E-state index contributed by atoms with van der Waals surface area (Å²) in [5.74, 6) is -3.19. The molecule has 1 fully saturated rings. The van der Waals surface area contributed by atoms with Gasteiger partial charge in [-0.2, -0.15) is 0 Å². The number of benzene rings is 4. The third kappa shape index (κ3) is 8.57. The van der Waals surface area contributed by atoms with Gasteiger partial charge in [-0.25, -0.2) is 24.0 Å². The Kier molecular flexibility index (Phi) is 11.1. The summed E-state index contributed by atoms with van der Waals surface area (Å²) in [4.78, 5) is 81.3. The molecule has 264 valence electrons. The highest BCUT2D eigenvalue weighted by molar-refractivity contribution is 5.91. The van der Waals surface area contributed by atoms with Crippen LogP contribution in [0.25, 0.3) is 0 Å². The number of aromatic nitrogens is 2. The third-order valence-corrected chi connectivity index (χ3v) is 8.13. The maximum atomic E-state index is 13.6. The number of hydrogen-bond acceptors (Lipinski definition) is 11. The van der Waals surface area contributed by atoms with Crippen molar-refractivity contribution in [2.45, 2.75) is 37.1 Å². The van der Waals surface area contributed by atoms with Crippen LogP contribution in [0.4, 0.5) is 0 Å². The van der Waals surface area contributed by atoms with Crippen molar-refractivity contribution in [3.8, 4) is 0 Å². The van der Waals surface area contributed by atoms with E-state index in [9.17, 15) is 28.8 Å². The Morgan fingerprint density at radius 1 is 0.596 bits per heavy atom. The molecule has 1 aliphatic rings. The Bertz CT molecular complexity index is 2120. The van der Waals surface area contributed by atoms with E-state index in [0.717, 1.165) is 16.8 Å². The van der Waals surface area contributed by atoms with Crippen molar-refractivity contribution in [2.24, 2.45) is 0 Å². The van der Waals surface area contributed by atoms with Crippen LogP contribution in [0.1, 0.15) is 54.1 Å².